The van der Waals surface area contributed by atoms with Gasteiger partial charge in [0.2, 0.25) is 0 Å². The summed E-state index contributed by atoms with van der Waals surface area (Å²) in [4.78, 5) is 5.26. The van der Waals surface area contributed by atoms with Crippen LogP contribution in [0.25, 0.3) is 0 Å². The van der Waals surface area contributed by atoms with Crippen LogP contribution in [-0.2, 0) is 0 Å². The van der Waals surface area contributed by atoms with Crippen molar-refractivity contribution >= 4 is 0 Å². The molecule has 3 aliphatic rings. The van der Waals surface area contributed by atoms with Crippen molar-refractivity contribution in [3.63, 3.8) is 0 Å². The summed E-state index contributed by atoms with van der Waals surface area (Å²) >= 11 is 0. The molecule has 2 unspecified atom stereocenters. The summed E-state index contributed by atoms with van der Waals surface area (Å²) in [7, 11) is 2.29. The van der Waals surface area contributed by atoms with E-state index in [4.69, 9.17) is 0 Å². The minimum atomic E-state index is 0.791. The number of nitrogens with zero attached hydrogens (tertiary/aromatic N) is 2. The molecule has 3 nitrogen and oxygen atoms in total. The van der Waals surface area contributed by atoms with Crippen LogP contribution in [0.3, 0.4) is 0 Å². The van der Waals surface area contributed by atoms with E-state index in [0.717, 1.165) is 18.0 Å². The van der Waals surface area contributed by atoms with Gasteiger partial charge in [-0.1, -0.05) is 6.42 Å². The Kier molecular flexibility index (Phi) is 4.22. The molecule has 2 heterocycles. The van der Waals surface area contributed by atoms with Gasteiger partial charge in [0.15, 0.2) is 0 Å². The van der Waals surface area contributed by atoms with Crippen LogP contribution in [0.15, 0.2) is 0 Å². The number of hydrogen-bond acceptors (Lipinski definition) is 3. The van der Waals surface area contributed by atoms with Crippen LogP contribution in [0.1, 0.15) is 38.5 Å². The number of likely N-dealkylation sites (N-methyl/N-ethyl adjacent to an activating group) is 1. The Morgan fingerprint density at radius 2 is 1.89 bits per heavy atom. The van der Waals surface area contributed by atoms with E-state index < -0.39 is 0 Å². The zero-order valence-corrected chi connectivity index (χ0v) is 11.9. The maximum Gasteiger partial charge on any atom is 0.0217 e. The number of likely N-dealkylation sites (tertiary alicyclic amines) is 2. The van der Waals surface area contributed by atoms with Crippen LogP contribution in [0.2, 0.25) is 0 Å². The van der Waals surface area contributed by atoms with Crippen molar-refractivity contribution in [2.24, 2.45) is 5.92 Å². The van der Waals surface area contributed by atoms with Crippen LogP contribution >= 0.6 is 0 Å². The molecule has 1 aliphatic carbocycles. The van der Waals surface area contributed by atoms with Gasteiger partial charge in [-0.05, 0) is 64.7 Å². The van der Waals surface area contributed by atoms with Crippen LogP contribution in [0.5, 0.6) is 0 Å². The fourth-order valence-electron chi connectivity index (χ4n) is 3.66. The molecule has 104 valence electrons. The molecule has 3 heteroatoms. The lowest BCUT2D eigenvalue weighted by atomic mass is 10.0. The highest BCUT2D eigenvalue weighted by Crippen LogP contribution is 2.31. The van der Waals surface area contributed by atoms with E-state index in [-0.39, 0.29) is 0 Å². The summed E-state index contributed by atoms with van der Waals surface area (Å²) < 4.78 is 0. The summed E-state index contributed by atoms with van der Waals surface area (Å²) in [5.74, 6) is 0.916. The van der Waals surface area contributed by atoms with E-state index in [2.05, 4.69) is 22.2 Å². The number of rotatable bonds is 5. The van der Waals surface area contributed by atoms with Crippen molar-refractivity contribution in [1.82, 2.24) is 15.1 Å². The summed E-state index contributed by atoms with van der Waals surface area (Å²) in [5.41, 5.74) is 0. The molecule has 0 aromatic carbocycles. The van der Waals surface area contributed by atoms with Crippen molar-refractivity contribution in [1.29, 1.82) is 0 Å². The van der Waals surface area contributed by atoms with Gasteiger partial charge >= 0.3 is 0 Å². The average Bonchev–Trinajstić information content (AvgIpc) is 3.12. The second-order valence-corrected chi connectivity index (χ2v) is 6.67. The lowest BCUT2D eigenvalue weighted by Crippen LogP contribution is -2.44. The maximum absolute atomic E-state index is 3.74. The van der Waals surface area contributed by atoms with Crippen molar-refractivity contribution in [3.8, 4) is 0 Å². The van der Waals surface area contributed by atoms with Crippen molar-refractivity contribution in [2.75, 3.05) is 39.8 Å². The Morgan fingerprint density at radius 3 is 2.67 bits per heavy atom. The summed E-state index contributed by atoms with van der Waals surface area (Å²) in [5, 5.41) is 3.74. The molecule has 3 rings (SSSR count). The first-order valence-corrected chi connectivity index (χ1v) is 7.98. The molecular weight excluding hydrogens is 222 g/mol. The van der Waals surface area contributed by atoms with Gasteiger partial charge in [0.05, 0.1) is 0 Å². The molecular formula is C15H29N3. The largest absolute Gasteiger partial charge is 0.315 e. The molecule has 0 spiro atoms. The van der Waals surface area contributed by atoms with Crippen molar-refractivity contribution in [3.05, 3.63) is 0 Å². The van der Waals surface area contributed by atoms with Crippen LogP contribution in [0, 0.1) is 5.92 Å². The average molecular weight is 251 g/mol. The Morgan fingerprint density at radius 1 is 1.00 bits per heavy atom. The van der Waals surface area contributed by atoms with E-state index in [1.807, 2.05) is 0 Å². The van der Waals surface area contributed by atoms with Gasteiger partial charge < -0.3 is 15.1 Å². The monoisotopic (exact) mass is 251 g/mol. The maximum atomic E-state index is 3.74. The fraction of sp³-hybridized carbons (Fsp3) is 1.00. The third-order valence-corrected chi connectivity index (χ3v) is 5.12. The molecule has 0 aromatic rings. The fourth-order valence-corrected chi connectivity index (χ4v) is 3.66. The van der Waals surface area contributed by atoms with E-state index in [0.29, 0.717) is 0 Å². The molecule has 2 atom stereocenters. The topological polar surface area (TPSA) is 18.5 Å². The standard InChI is InChI=1S/C15H29N3/c1-17-8-3-2-4-15(17)11-16-10-13-7-9-18(12-13)14-5-6-14/h13-16H,2-12H2,1H3. The second kappa shape index (κ2) is 5.89. The van der Waals surface area contributed by atoms with Gasteiger partial charge in [0, 0.05) is 25.2 Å². The third kappa shape index (κ3) is 3.25. The number of nitrogens with one attached hydrogen (secondary N) is 1. The summed E-state index contributed by atoms with van der Waals surface area (Å²) in [6.07, 6.45) is 8.56. The molecule has 2 saturated heterocycles. The van der Waals surface area contributed by atoms with E-state index in [9.17, 15) is 0 Å². The highest BCUT2D eigenvalue weighted by Gasteiger charge is 2.34. The van der Waals surface area contributed by atoms with E-state index in [1.54, 1.807) is 0 Å². The zero-order chi connectivity index (χ0) is 12.4. The van der Waals surface area contributed by atoms with E-state index >= 15 is 0 Å². The van der Waals surface area contributed by atoms with Gasteiger partial charge in [-0.3, -0.25) is 0 Å². The normalized spacial score (nSPS) is 35.2. The predicted octanol–water partition coefficient (Wildman–Crippen LogP) is 1.54. The Hall–Kier alpha value is -0.120. The molecule has 1 N–H and O–H groups in total. The second-order valence-electron chi connectivity index (χ2n) is 6.67. The molecule has 0 bridgehead atoms. The van der Waals surface area contributed by atoms with Gasteiger partial charge in [-0.25, -0.2) is 0 Å². The molecule has 3 fully saturated rings. The highest BCUT2D eigenvalue weighted by atomic mass is 15.2. The van der Waals surface area contributed by atoms with Crippen LogP contribution in [0.4, 0.5) is 0 Å². The van der Waals surface area contributed by atoms with Gasteiger partial charge in [-0.2, -0.15) is 0 Å². The molecule has 0 aromatic heterocycles. The Balaban J connectivity index is 1.32. The first-order valence-electron chi connectivity index (χ1n) is 7.98. The Labute approximate surface area is 112 Å². The smallest absolute Gasteiger partial charge is 0.0217 e. The Bertz CT molecular complexity index is 264. The lowest BCUT2D eigenvalue weighted by molar-refractivity contribution is 0.180. The first kappa shape index (κ1) is 12.9. The number of piperidine rings is 1. The van der Waals surface area contributed by atoms with Gasteiger partial charge in [0.1, 0.15) is 0 Å². The summed E-state index contributed by atoms with van der Waals surface area (Å²) in [6.45, 7) is 6.47. The van der Waals surface area contributed by atoms with Crippen LogP contribution in [-0.4, -0.2) is 61.7 Å². The quantitative estimate of drug-likeness (QED) is 0.800. The molecule has 2 aliphatic heterocycles. The number of hydrogen-bond donors (Lipinski definition) is 1. The predicted molar refractivity (Wildman–Crippen MR) is 75.8 cm³/mol. The zero-order valence-electron chi connectivity index (χ0n) is 11.9. The van der Waals surface area contributed by atoms with Gasteiger partial charge in [0.25, 0.3) is 0 Å². The molecule has 0 amide bonds. The van der Waals surface area contributed by atoms with E-state index in [1.165, 1.54) is 71.2 Å². The SMILES string of the molecule is CN1CCCCC1CNCC1CCN(C2CC2)C1. The van der Waals surface area contributed by atoms with Crippen LogP contribution < -0.4 is 5.32 Å². The minimum absolute atomic E-state index is 0.791. The molecule has 1 saturated carbocycles. The first-order chi connectivity index (χ1) is 8.83. The van der Waals surface area contributed by atoms with Gasteiger partial charge in [-0.15, -0.1) is 0 Å². The lowest BCUT2D eigenvalue weighted by Gasteiger charge is -2.32. The van der Waals surface area contributed by atoms with Crippen molar-refractivity contribution in [2.45, 2.75) is 50.6 Å². The summed E-state index contributed by atoms with van der Waals surface area (Å²) in [6, 6.07) is 1.76. The molecule has 0 radical (unpaired) electrons. The van der Waals surface area contributed by atoms with Crippen molar-refractivity contribution < 1.29 is 0 Å². The third-order valence-electron chi connectivity index (χ3n) is 5.12. The molecule has 18 heavy (non-hydrogen) atoms. The highest BCUT2D eigenvalue weighted by molar-refractivity contribution is 4.90. The minimum Gasteiger partial charge on any atom is -0.315 e.